The molecule has 1 fully saturated rings. The molecular formula is C20H22O6. The first-order valence-corrected chi connectivity index (χ1v) is 8.49. The number of hydrogen-bond donors (Lipinski definition) is 2. The van der Waals surface area contributed by atoms with E-state index >= 15 is 0 Å². The summed E-state index contributed by atoms with van der Waals surface area (Å²) in [6.07, 6.45) is -5.18. The standard InChI is InChI=1S/C20H22O6/c1-13-17(26-19(22)15-10-6-3-7-11-15)16(21)18(20(23)25-13)24-12-14-8-4-2-5-9-14/h2-11,13,16-18,20-21,23H,12H2,1H3/t13-,16+,17+,18-,20-/m0/s1. The molecule has 0 bridgehead atoms. The smallest absolute Gasteiger partial charge is 0.338 e. The molecule has 6 heteroatoms. The molecular weight excluding hydrogens is 336 g/mol. The van der Waals surface area contributed by atoms with E-state index in [0.29, 0.717) is 5.56 Å². The fourth-order valence-corrected chi connectivity index (χ4v) is 2.89. The molecule has 0 aromatic heterocycles. The first-order valence-electron chi connectivity index (χ1n) is 8.49. The van der Waals surface area contributed by atoms with Crippen molar-refractivity contribution in [1.29, 1.82) is 0 Å². The Morgan fingerprint density at radius 1 is 1.00 bits per heavy atom. The van der Waals surface area contributed by atoms with Crippen LogP contribution in [0.1, 0.15) is 22.8 Å². The van der Waals surface area contributed by atoms with E-state index in [0.717, 1.165) is 5.56 Å². The summed E-state index contributed by atoms with van der Waals surface area (Å²) in [7, 11) is 0. The molecule has 0 saturated carbocycles. The van der Waals surface area contributed by atoms with Crippen LogP contribution in [0, 0.1) is 0 Å². The number of rotatable bonds is 5. The second kappa shape index (κ2) is 8.42. The van der Waals surface area contributed by atoms with E-state index in [9.17, 15) is 15.0 Å². The fraction of sp³-hybridized carbons (Fsp3) is 0.350. The Morgan fingerprint density at radius 2 is 1.62 bits per heavy atom. The Bertz CT molecular complexity index is 705. The second-order valence-corrected chi connectivity index (χ2v) is 6.22. The Balaban J connectivity index is 1.67. The van der Waals surface area contributed by atoms with E-state index in [-0.39, 0.29) is 6.61 Å². The van der Waals surface area contributed by atoms with E-state index < -0.39 is 36.7 Å². The molecule has 1 heterocycles. The zero-order valence-electron chi connectivity index (χ0n) is 14.4. The van der Waals surface area contributed by atoms with Crippen LogP contribution >= 0.6 is 0 Å². The van der Waals surface area contributed by atoms with Gasteiger partial charge >= 0.3 is 5.97 Å². The predicted octanol–water partition coefficient (Wildman–Crippen LogP) is 1.90. The third-order valence-electron chi connectivity index (χ3n) is 4.31. The highest BCUT2D eigenvalue weighted by Crippen LogP contribution is 2.26. The SMILES string of the molecule is C[C@@H]1O[C@H](O)[C@@H](OCc2ccccc2)[C@H](O)[C@@H]1OC(=O)c1ccccc1. The summed E-state index contributed by atoms with van der Waals surface area (Å²) in [5, 5.41) is 20.7. The molecule has 26 heavy (non-hydrogen) atoms. The third kappa shape index (κ3) is 4.28. The summed E-state index contributed by atoms with van der Waals surface area (Å²) in [5.74, 6) is -0.566. The van der Waals surface area contributed by atoms with Crippen molar-refractivity contribution in [2.75, 3.05) is 0 Å². The highest BCUT2D eigenvalue weighted by molar-refractivity contribution is 5.89. The number of ether oxygens (including phenoxy) is 3. The Hall–Kier alpha value is -2.25. The molecule has 3 rings (SSSR count). The Kier molecular flexibility index (Phi) is 6.00. The number of carbonyl (C=O) groups excluding carboxylic acids is 1. The molecule has 6 nitrogen and oxygen atoms in total. The van der Waals surface area contributed by atoms with Crippen molar-refractivity contribution < 1.29 is 29.2 Å². The van der Waals surface area contributed by atoms with Gasteiger partial charge in [-0.3, -0.25) is 0 Å². The molecule has 0 radical (unpaired) electrons. The minimum Gasteiger partial charge on any atom is -0.453 e. The van der Waals surface area contributed by atoms with Gasteiger partial charge in [-0.1, -0.05) is 48.5 Å². The van der Waals surface area contributed by atoms with Crippen LogP contribution in [0.25, 0.3) is 0 Å². The summed E-state index contributed by atoms with van der Waals surface area (Å²) in [5.41, 5.74) is 1.27. The minimum absolute atomic E-state index is 0.191. The highest BCUT2D eigenvalue weighted by atomic mass is 16.7. The van der Waals surface area contributed by atoms with Gasteiger partial charge in [0.15, 0.2) is 12.4 Å². The minimum atomic E-state index is -1.31. The average molecular weight is 358 g/mol. The summed E-state index contributed by atoms with van der Waals surface area (Å²) in [6.45, 7) is 1.82. The molecule has 5 atom stereocenters. The lowest BCUT2D eigenvalue weighted by Gasteiger charge is -2.40. The normalized spacial score (nSPS) is 28.5. The van der Waals surface area contributed by atoms with Crippen molar-refractivity contribution in [3.05, 3.63) is 71.8 Å². The monoisotopic (exact) mass is 358 g/mol. The van der Waals surface area contributed by atoms with E-state index in [1.54, 1.807) is 37.3 Å². The molecule has 2 aromatic carbocycles. The van der Waals surface area contributed by atoms with Gasteiger partial charge in [0.25, 0.3) is 0 Å². The van der Waals surface area contributed by atoms with Gasteiger partial charge in [0, 0.05) is 0 Å². The maximum atomic E-state index is 12.3. The van der Waals surface area contributed by atoms with Crippen LogP contribution in [0.15, 0.2) is 60.7 Å². The lowest BCUT2D eigenvalue weighted by atomic mass is 9.99. The maximum absolute atomic E-state index is 12.3. The Labute approximate surface area is 151 Å². The number of benzene rings is 2. The van der Waals surface area contributed by atoms with E-state index in [2.05, 4.69) is 0 Å². The fourth-order valence-electron chi connectivity index (χ4n) is 2.89. The topological polar surface area (TPSA) is 85.2 Å². The van der Waals surface area contributed by atoms with Gasteiger partial charge in [0.05, 0.1) is 18.3 Å². The van der Waals surface area contributed by atoms with Gasteiger partial charge in [0.1, 0.15) is 12.2 Å². The first-order chi connectivity index (χ1) is 12.6. The third-order valence-corrected chi connectivity index (χ3v) is 4.31. The van der Waals surface area contributed by atoms with Crippen molar-refractivity contribution in [2.45, 2.75) is 44.2 Å². The molecule has 138 valence electrons. The Morgan fingerprint density at radius 3 is 2.27 bits per heavy atom. The lowest BCUT2D eigenvalue weighted by Crippen LogP contribution is -2.58. The molecule has 0 unspecified atom stereocenters. The molecule has 2 aromatic rings. The molecule has 0 spiro atoms. The first kappa shape index (κ1) is 18.5. The van der Waals surface area contributed by atoms with Gasteiger partial charge in [-0.2, -0.15) is 0 Å². The zero-order chi connectivity index (χ0) is 18.5. The van der Waals surface area contributed by atoms with Crippen molar-refractivity contribution in [3.63, 3.8) is 0 Å². The summed E-state index contributed by atoms with van der Waals surface area (Å²) >= 11 is 0. The highest BCUT2D eigenvalue weighted by Gasteiger charge is 2.45. The number of aliphatic hydroxyl groups excluding tert-OH is 2. The van der Waals surface area contributed by atoms with E-state index in [1.165, 1.54) is 0 Å². The summed E-state index contributed by atoms with van der Waals surface area (Å²) in [6, 6.07) is 17.9. The number of carbonyl (C=O) groups is 1. The molecule has 0 aliphatic carbocycles. The largest absolute Gasteiger partial charge is 0.453 e. The van der Waals surface area contributed by atoms with Crippen LogP contribution in [0.2, 0.25) is 0 Å². The molecule has 1 aliphatic rings. The molecule has 1 saturated heterocycles. The summed E-state index contributed by atoms with van der Waals surface area (Å²) in [4.78, 5) is 12.3. The van der Waals surface area contributed by atoms with Crippen LogP contribution in [-0.2, 0) is 20.8 Å². The van der Waals surface area contributed by atoms with Gasteiger partial charge in [-0.25, -0.2) is 4.79 Å². The van der Waals surface area contributed by atoms with Gasteiger partial charge < -0.3 is 24.4 Å². The maximum Gasteiger partial charge on any atom is 0.338 e. The van der Waals surface area contributed by atoms with Gasteiger partial charge in [-0.15, -0.1) is 0 Å². The van der Waals surface area contributed by atoms with Gasteiger partial charge in [-0.05, 0) is 24.6 Å². The second-order valence-electron chi connectivity index (χ2n) is 6.22. The zero-order valence-corrected chi connectivity index (χ0v) is 14.4. The lowest BCUT2D eigenvalue weighted by molar-refractivity contribution is -0.289. The van der Waals surface area contributed by atoms with E-state index in [1.807, 2.05) is 30.3 Å². The van der Waals surface area contributed by atoms with Crippen molar-refractivity contribution in [1.82, 2.24) is 0 Å². The molecule has 0 amide bonds. The van der Waals surface area contributed by atoms with Crippen molar-refractivity contribution in [3.8, 4) is 0 Å². The van der Waals surface area contributed by atoms with Crippen LogP contribution < -0.4 is 0 Å². The van der Waals surface area contributed by atoms with Crippen LogP contribution in [0.3, 0.4) is 0 Å². The van der Waals surface area contributed by atoms with Crippen LogP contribution in [0.5, 0.6) is 0 Å². The van der Waals surface area contributed by atoms with Crippen molar-refractivity contribution in [2.24, 2.45) is 0 Å². The molecule has 1 aliphatic heterocycles. The molecule has 2 N–H and O–H groups in total. The van der Waals surface area contributed by atoms with Gasteiger partial charge in [0.2, 0.25) is 0 Å². The predicted molar refractivity (Wildman–Crippen MR) is 93.2 cm³/mol. The van der Waals surface area contributed by atoms with E-state index in [4.69, 9.17) is 14.2 Å². The quantitative estimate of drug-likeness (QED) is 0.794. The number of aliphatic hydroxyl groups is 2. The summed E-state index contributed by atoms with van der Waals surface area (Å²) < 4.78 is 16.5. The average Bonchev–Trinajstić information content (AvgIpc) is 2.66. The van der Waals surface area contributed by atoms with Crippen LogP contribution in [-0.4, -0.2) is 46.9 Å². The van der Waals surface area contributed by atoms with Crippen LogP contribution in [0.4, 0.5) is 0 Å². The van der Waals surface area contributed by atoms with Crippen molar-refractivity contribution >= 4 is 5.97 Å². The number of esters is 1. The number of hydrogen-bond acceptors (Lipinski definition) is 6.